The van der Waals surface area contributed by atoms with Crippen LogP contribution >= 0.6 is 11.3 Å². The number of nitrogens with one attached hydrogen (secondary N) is 2. The Hall–Kier alpha value is -6.12. The molecule has 66 heavy (non-hydrogen) atoms. The lowest BCUT2D eigenvalue weighted by Crippen LogP contribution is -2.76. The van der Waals surface area contributed by atoms with Gasteiger partial charge in [-0.2, -0.15) is 18.2 Å². The number of aromatic nitrogens is 3. The molecule has 5 N–H and O–H groups in total. The zero-order valence-electron chi connectivity index (χ0n) is 38.6. The van der Waals surface area contributed by atoms with Crippen molar-refractivity contribution in [1.29, 1.82) is 0 Å². The van der Waals surface area contributed by atoms with Gasteiger partial charge < -0.3 is 39.7 Å². The Bertz CT molecular complexity index is 2540. The van der Waals surface area contributed by atoms with Gasteiger partial charge in [-0.25, -0.2) is 19.4 Å². The van der Waals surface area contributed by atoms with Gasteiger partial charge in [-0.15, -0.1) is 20.3 Å². The quantitative estimate of drug-likeness (QED) is 0.0323. The third-order valence-electron chi connectivity index (χ3n) is 9.68. The zero-order valence-corrected chi connectivity index (χ0v) is 40.2. The smallest absolute Gasteiger partial charge is 0.418 e. The fourth-order valence-corrected chi connectivity index (χ4v) is 7.73. The number of esters is 1. The van der Waals surface area contributed by atoms with Crippen molar-refractivity contribution in [2.24, 2.45) is 23.4 Å². The first-order valence-electron chi connectivity index (χ1n) is 20.3. The molecule has 2 aromatic heterocycles. The van der Waals surface area contributed by atoms with E-state index < -0.39 is 98.5 Å². The van der Waals surface area contributed by atoms with Gasteiger partial charge >= 0.3 is 28.6 Å². The molecule has 0 bridgehead atoms. The van der Waals surface area contributed by atoms with E-state index in [-0.39, 0.29) is 36.2 Å². The molecule has 2 fully saturated rings. The minimum Gasteiger partial charge on any atom is -0.489 e. The summed E-state index contributed by atoms with van der Waals surface area (Å²) < 4.78 is 62.2. The second-order valence-electron chi connectivity index (χ2n) is 19.2. The van der Waals surface area contributed by atoms with Gasteiger partial charge in [0.15, 0.2) is 17.4 Å². The van der Waals surface area contributed by atoms with Crippen molar-refractivity contribution in [1.82, 2.24) is 24.9 Å². The number of aryl methyl sites for hydroxylation is 1. The Kier molecular flexibility index (Phi) is 14.1. The molecule has 2 unspecified atom stereocenters. The van der Waals surface area contributed by atoms with Gasteiger partial charge in [-0.05, 0) is 94.4 Å². The highest BCUT2D eigenvalue weighted by Crippen LogP contribution is 2.34. The monoisotopic (exact) mass is 966 g/mol. The first-order chi connectivity index (χ1) is 30.2. The number of carbonyl (C=O) groups is 6. The van der Waals surface area contributed by atoms with Crippen LogP contribution < -0.4 is 25.8 Å². The number of rotatable bonds is 15. The molecule has 4 heterocycles. The highest BCUT2D eigenvalue weighted by Gasteiger charge is 2.58. The van der Waals surface area contributed by atoms with E-state index in [1.54, 1.807) is 103 Å². The molecule has 3 aromatic rings. The maximum atomic E-state index is 13.9. The number of fused-ring (bicyclic) bond motifs is 1. The predicted molar refractivity (Wildman–Crippen MR) is 233 cm³/mol. The van der Waals surface area contributed by atoms with E-state index in [9.17, 15) is 37.2 Å². The Morgan fingerprint density at radius 2 is 1.64 bits per heavy atom. The van der Waals surface area contributed by atoms with Crippen molar-refractivity contribution >= 4 is 79.4 Å². The van der Waals surface area contributed by atoms with Gasteiger partial charge in [0, 0.05) is 18.5 Å². The molecule has 5 rings (SSSR count). The van der Waals surface area contributed by atoms with Crippen LogP contribution in [0, 0.1) is 5.41 Å². The van der Waals surface area contributed by atoms with Crippen LogP contribution in [-0.2, 0) is 66.5 Å². The lowest BCUT2D eigenvalue weighted by atomic mass is 9.79. The molecule has 0 spiro atoms. The van der Waals surface area contributed by atoms with Gasteiger partial charge in [0.1, 0.15) is 51.8 Å². The topological polar surface area (TPSA) is 303 Å². The molecule has 24 nitrogen and oxygen atoms in total. The predicted octanol–water partition coefficient (Wildman–Crippen LogP) is 2.34. The summed E-state index contributed by atoms with van der Waals surface area (Å²) in [5, 5.41) is 11.2. The average molecular weight is 967 g/mol. The van der Waals surface area contributed by atoms with Crippen molar-refractivity contribution in [3.63, 3.8) is 0 Å². The standard InChI is InChI=1S/C40H55N9O15S2/c1-36(2,3)60-31(52)26(17-59-23-13-14-25-22(15-23)16-48(46(25)12)21-40(32(41)53)19-47(20-40)35(55)62-38(7,8)9)63-45-27(24-18-65-33(42-24)44-34(54)61-37(4,5)6)29(50)43-28-30(51)49(39(28,10)11)64-66(56,57)58/h13-16,18,26,28H,17,19-21H2,1-12H3,(H4-,41,42,43,44,50,53,54,56,57,58)/p+1/b45-27-. The summed E-state index contributed by atoms with van der Waals surface area (Å²) in [6.45, 7) is 17.5. The normalized spacial score (nSPS) is 17.8. The van der Waals surface area contributed by atoms with Crippen molar-refractivity contribution in [2.45, 2.75) is 117 Å². The summed E-state index contributed by atoms with van der Waals surface area (Å²) in [6.07, 6.45) is -1.27. The minimum atomic E-state index is -5.10. The second-order valence-corrected chi connectivity index (χ2v) is 21.1. The lowest BCUT2D eigenvalue weighted by Gasteiger charge is -2.50. The number of hydrogen-bond acceptors (Lipinski definition) is 17. The van der Waals surface area contributed by atoms with E-state index in [1.807, 2.05) is 0 Å². The molecule has 5 amide bonds. The fraction of sp³-hybridized carbons (Fsp3) is 0.575. The van der Waals surface area contributed by atoms with Crippen molar-refractivity contribution in [3.8, 4) is 5.75 Å². The van der Waals surface area contributed by atoms with E-state index in [0.29, 0.717) is 10.4 Å². The van der Waals surface area contributed by atoms with E-state index in [4.69, 9.17) is 34.1 Å². The van der Waals surface area contributed by atoms with Gasteiger partial charge in [-0.1, -0.05) is 5.16 Å². The first kappa shape index (κ1) is 50.9. The van der Waals surface area contributed by atoms with Crippen molar-refractivity contribution < 1.29 is 74.5 Å². The number of hydrogen-bond donors (Lipinski definition) is 4. The molecule has 2 atom stereocenters. The maximum Gasteiger partial charge on any atom is 0.418 e. The molecule has 0 radical (unpaired) electrons. The zero-order chi connectivity index (χ0) is 49.5. The molecule has 1 aromatic carbocycles. The Morgan fingerprint density at radius 1 is 1.02 bits per heavy atom. The largest absolute Gasteiger partial charge is 0.489 e. The number of carbonyl (C=O) groups excluding carboxylic acids is 6. The molecule has 2 aliphatic heterocycles. The number of amides is 5. The van der Waals surface area contributed by atoms with Crippen LogP contribution in [0.5, 0.6) is 5.75 Å². The number of thiazole rings is 1. The number of primary amides is 1. The molecule has 26 heteroatoms. The Balaban J connectivity index is 1.40. The first-order valence-corrected chi connectivity index (χ1v) is 22.6. The summed E-state index contributed by atoms with van der Waals surface area (Å²) in [7, 11) is -3.32. The van der Waals surface area contributed by atoms with Crippen LogP contribution in [0.25, 0.3) is 10.9 Å². The minimum absolute atomic E-state index is 0.0302. The molecular formula is C40H56N9O15S2+. The molecule has 0 aliphatic carbocycles. The van der Waals surface area contributed by atoms with Crippen molar-refractivity contribution in [3.05, 3.63) is 35.5 Å². The maximum absolute atomic E-state index is 13.9. The lowest BCUT2D eigenvalue weighted by molar-refractivity contribution is -0.780. The Labute approximate surface area is 384 Å². The van der Waals surface area contributed by atoms with Crippen LogP contribution in [0.3, 0.4) is 0 Å². The third kappa shape index (κ3) is 12.4. The third-order valence-corrected chi connectivity index (χ3v) is 10.8. The summed E-state index contributed by atoms with van der Waals surface area (Å²) in [6, 6.07) is 3.62. The van der Waals surface area contributed by atoms with Gasteiger partial charge in [0.05, 0.1) is 18.0 Å². The number of nitrogens with two attached hydrogens (primary N) is 1. The van der Waals surface area contributed by atoms with E-state index in [2.05, 4.69) is 25.1 Å². The molecule has 0 saturated carbocycles. The number of nitrogens with zero attached hydrogens (tertiary/aromatic N) is 6. The number of ether oxygens (including phenoxy) is 4. The number of anilines is 1. The number of benzene rings is 1. The highest BCUT2D eigenvalue weighted by molar-refractivity contribution is 7.80. The van der Waals surface area contributed by atoms with Crippen LogP contribution in [0.15, 0.2) is 34.9 Å². The second kappa shape index (κ2) is 18.3. The molecule has 362 valence electrons. The van der Waals surface area contributed by atoms with Gasteiger partial charge in [0.25, 0.3) is 17.9 Å². The summed E-state index contributed by atoms with van der Waals surface area (Å²) in [5.74, 6) is -3.39. The molecule has 2 aliphatic rings. The number of oxime groups is 1. The van der Waals surface area contributed by atoms with E-state index >= 15 is 0 Å². The van der Waals surface area contributed by atoms with Crippen LogP contribution in [0.2, 0.25) is 0 Å². The van der Waals surface area contributed by atoms with Crippen LogP contribution in [0.4, 0.5) is 14.7 Å². The molecule has 2 saturated heterocycles. The van der Waals surface area contributed by atoms with Crippen molar-refractivity contribution in [2.75, 3.05) is 25.0 Å². The molecular weight excluding hydrogens is 911 g/mol. The summed E-state index contributed by atoms with van der Waals surface area (Å²) >= 11 is 0.874. The van der Waals surface area contributed by atoms with Gasteiger partial charge in [0.2, 0.25) is 12.1 Å². The number of hydroxylamine groups is 2. The fourth-order valence-electron chi connectivity index (χ4n) is 6.59. The number of likely N-dealkylation sites (tertiary alicyclic amines) is 1. The number of β-lactam (4-membered cyclic amide) rings is 1. The average Bonchev–Trinajstić information content (AvgIpc) is 3.71. The van der Waals surface area contributed by atoms with Gasteiger partial charge in [-0.3, -0.25) is 24.3 Å². The van der Waals surface area contributed by atoms with E-state index in [1.165, 1.54) is 24.1 Å². The summed E-state index contributed by atoms with van der Waals surface area (Å²) in [5.41, 5.74) is 0.628. The van der Waals surface area contributed by atoms with E-state index in [0.717, 1.165) is 16.9 Å². The highest BCUT2D eigenvalue weighted by atomic mass is 32.3. The summed E-state index contributed by atoms with van der Waals surface area (Å²) in [4.78, 5) is 89.7. The SMILES string of the molecule is Cn1c2ccc(OCC(O/N=C(\C(=O)NC3C(=O)N(OS(=O)(=O)O)C3(C)C)c3csc(NC(=O)OC(C)(C)C)n3)C(=O)OC(C)(C)C)cc2c[n+]1CC1(C(N)=O)CN(C(=O)OC(C)(C)C)C1. The van der Waals surface area contributed by atoms with Crippen LogP contribution in [0.1, 0.15) is 81.9 Å². The Morgan fingerprint density at radius 3 is 2.20 bits per heavy atom. The van der Waals surface area contributed by atoms with Crippen LogP contribution in [-0.4, -0.2) is 128 Å².